The van der Waals surface area contributed by atoms with Gasteiger partial charge in [0.1, 0.15) is 0 Å². The zero-order valence-electron chi connectivity index (χ0n) is 17.7. The van der Waals surface area contributed by atoms with Gasteiger partial charge in [0.2, 0.25) is 0 Å². The Morgan fingerprint density at radius 2 is 1.14 bits per heavy atom. The summed E-state index contributed by atoms with van der Waals surface area (Å²) in [5, 5.41) is 9.00. The van der Waals surface area contributed by atoms with Crippen LogP contribution in [0.1, 0.15) is 60.3 Å². The Labute approximate surface area is 173 Å². The standard InChI is InChI=1S/C17H36O8P2S/c1-6-10-22-26(20,23-11-7-2)17(5,15-28-14-16(18)19)27(21,24-12-8-3)25-13-9-4/h6-15H2,1-5H3,(H,18,19). The minimum absolute atomic E-state index is 0.0608. The summed E-state index contributed by atoms with van der Waals surface area (Å²) in [6, 6.07) is 0. The second kappa shape index (κ2) is 14.2. The van der Waals surface area contributed by atoms with E-state index >= 15 is 0 Å². The lowest BCUT2D eigenvalue weighted by Crippen LogP contribution is -2.33. The summed E-state index contributed by atoms with van der Waals surface area (Å²) in [6.45, 7) is 9.57. The van der Waals surface area contributed by atoms with Crippen molar-refractivity contribution < 1.29 is 37.1 Å². The van der Waals surface area contributed by atoms with Crippen molar-refractivity contribution in [3.63, 3.8) is 0 Å². The summed E-state index contributed by atoms with van der Waals surface area (Å²) in [5.74, 6) is -1.32. The lowest BCUT2D eigenvalue weighted by molar-refractivity contribution is -0.133. The van der Waals surface area contributed by atoms with Gasteiger partial charge in [-0.15, -0.1) is 11.8 Å². The first-order chi connectivity index (χ1) is 13.2. The second-order valence-corrected chi connectivity index (χ2v) is 12.8. The fourth-order valence-corrected chi connectivity index (χ4v) is 9.44. The molecule has 0 aliphatic heterocycles. The molecule has 0 heterocycles. The van der Waals surface area contributed by atoms with Crippen molar-refractivity contribution >= 4 is 32.9 Å². The summed E-state index contributed by atoms with van der Waals surface area (Å²) < 4.78 is 50.3. The molecule has 0 atom stereocenters. The monoisotopic (exact) mass is 462 g/mol. The van der Waals surface area contributed by atoms with E-state index in [0.717, 1.165) is 11.8 Å². The molecule has 0 saturated carbocycles. The third-order valence-electron chi connectivity index (χ3n) is 3.64. The molecule has 0 aliphatic rings. The number of hydrogen-bond acceptors (Lipinski definition) is 8. The third kappa shape index (κ3) is 8.10. The second-order valence-electron chi connectivity index (χ2n) is 6.43. The molecule has 0 spiro atoms. The molecular weight excluding hydrogens is 426 g/mol. The molecular formula is C17H36O8P2S. The molecule has 0 bridgehead atoms. The Morgan fingerprint density at radius 1 is 0.821 bits per heavy atom. The number of carboxylic acid groups (broad SMARTS) is 1. The molecule has 0 amide bonds. The summed E-state index contributed by atoms with van der Waals surface area (Å²) >= 11 is 0.992. The van der Waals surface area contributed by atoms with Crippen molar-refractivity contribution in [2.24, 2.45) is 0 Å². The minimum Gasteiger partial charge on any atom is -0.481 e. The first-order valence-corrected chi connectivity index (χ1v) is 14.0. The highest BCUT2D eigenvalue weighted by Gasteiger charge is 2.62. The van der Waals surface area contributed by atoms with Gasteiger partial charge in [-0.2, -0.15) is 0 Å². The highest BCUT2D eigenvalue weighted by atomic mass is 32.2. The fraction of sp³-hybridized carbons (Fsp3) is 0.941. The van der Waals surface area contributed by atoms with Crippen molar-refractivity contribution in [3.05, 3.63) is 0 Å². The molecule has 11 heteroatoms. The van der Waals surface area contributed by atoms with Gasteiger partial charge in [0.15, 0.2) is 4.90 Å². The number of rotatable bonds is 18. The quantitative estimate of drug-likeness (QED) is 0.260. The fourth-order valence-electron chi connectivity index (χ4n) is 2.12. The van der Waals surface area contributed by atoms with Crippen molar-refractivity contribution in [2.45, 2.75) is 65.2 Å². The molecule has 0 aromatic rings. The van der Waals surface area contributed by atoms with Crippen LogP contribution in [-0.4, -0.2) is 53.9 Å². The molecule has 0 aromatic carbocycles. The van der Waals surface area contributed by atoms with Crippen LogP contribution in [-0.2, 0) is 32.0 Å². The van der Waals surface area contributed by atoms with E-state index in [4.69, 9.17) is 23.2 Å². The smallest absolute Gasteiger partial charge is 0.349 e. The van der Waals surface area contributed by atoms with Crippen LogP contribution in [0.4, 0.5) is 0 Å². The summed E-state index contributed by atoms with van der Waals surface area (Å²) in [6.07, 6.45) is 2.36. The number of thioether (sulfide) groups is 1. The Morgan fingerprint density at radius 3 is 1.39 bits per heavy atom. The van der Waals surface area contributed by atoms with E-state index in [1.807, 2.05) is 27.7 Å². The van der Waals surface area contributed by atoms with Crippen LogP contribution in [0.25, 0.3) is 0 Å². The maximum atomic E-state index is 13.9. The Hall–Kier alpha value is 0.120. The van der Waals surface area contributed by atoms with Gasteiger partial charge in [-0.05, 0) is 32.6 Å². The summed E-state index contributed by atoms with van der Waals surface area (Å²) in [7, 11) is -7.93. The number of hydrogen-bond donors (Lipinski definition) is 1. The lowest BCUT2D eigenvalue weighted by atomic mass is 10.5. The molecule has 0 rings (SSSR count). The van der Waals surface area contributed by atoms with E-state index in [0.29, 0.717) is 25.7 Å². The first-order valence-electron chi connectivity index (χ1n) is 9.74. The van der Waals surface area contributed by atoms with Crippen LogP contribution < -0.4 is 0 Å². The zero-order chi connectivity index (χ0) is 21.7. The zero-order valence-corrected chi connectivity index (χ0v) is 20.3. The maximum Gasteiger partial charge on any atom is 0.349 e. The van der Waals surface area contributed by atoms with Crippen LogP contribution in [0, 0.1) is 0 Å². The van der Waals surface area contributed by atoms with Crippen molar-refractivity contribution in [3.8, 4) is 0 Å². The number of carboxylic acids is 1. The van der Waals surface area contributed by atoms with Crippen LogP contribution in [0.3, 0.4) is 0 Å². The van der Waals surface area contributed by atoms with E-state index in [1.54, 1.807) is 0 Å². The van der Waals surface area contributed by atoms with Crippen molar-refractivity contribution in [2.75, 3.05) is 37.9 Å². The molecule has 1 N–H and O–H groups in total. The lowest BCUT2D eigenvalue weighted by Gasteiger charge is -2.40. The van der Waals surface area contributed by atoms with Gasteiger partial charge in [-0.25, -0.2) is 0 Å². The first kappa shape index (κ1) is 28.1. The molecule has 168 valence electrons. The summed E-state index contributed by atoms with van der Waals surface area (Å²) in [5.41, 5.74) is 0. The molecule has 0 unspecified atom stereocenters. The molecule has 8 nitrogen and oxygen atoms in total. The highest BCUT2D eigenvalue weighted by molar-refractivity contribution is 8.00. The SMILES string of the molecule is CCCOP(=O)(OCCC)C(C)(CSCC(=O)O)P(=O)(OCCC)OCCC. The summed E-state index contributed by atoms with van der Waals surface area (Å²) in [4.78, 5) is 9.36. The van der Waals surface area contributed by atoms with E-state index < -0.39 is 26.1 Å². The Balaban J connectivity index is 6.16. The van der Waals surface area contributed by atoms with Gasteiger partial charge >= 0.3 is 21.2 Å². The average molecular weight is 462 g/mol. The normalized spacial score (nSPS) is 13.0. The Kier molecular flexibility index (Phi) is 14.2. The third-order valence-corrected chi connectivity index (χ3v) is 11.5. The predicted molar refractivity (Wildman–Crippen MR) is 114 cm³/mol. The van der Waals surface area contributed by atoms with Crippen LogP contribution >= 0.6 is 27.0 Å². The molecule has 28 heavy (non-hydrogen) atoms. The molecule has 0 aliphatic carbocycles. The Bertz CT molecular complexity index is 485. The number of carbonyl (C=O) groups is 1. The van der Waals surface area contributed by atoms with Gasteiger partial charge in [-0.1, -0.05) is 27.7 Å². The van der Waals surface area contributed by atoms with E-state index in [-0.39, 0.29) is 37.9 Å². The maximum absolute atomic E-state index is 13.9. The van der Waals surface area contributed by atoms with Gasteiger partial charge in [0, 0.05) is 5.75 Å². The van der Waals surface area contributed by atoms with Gasteiger partial charge in [-0.3, -0.25) is 13.9 Å². The van der Waals surface area contributed by atoms with Crippen LogP contribution in [0.5, 0.6) is 0 Å². The van der Waals surface area contributed by atoms with Crippen molar-refractivity contribution in [1.82, 2.24) is 0 Å². The molecule has 0 saturated heterocycles. The largest absolute Gasteiger partial charge is 0.481 e. The topological polar surface area (TPSA) is 108 Å². The van der Waals surface area contributed by atoms with Gasteiger partial charge in [0.25, 0.3) is 0 Å². The molecule has 0 radical (unpaired) electrons. The van der Waals surface area contributed by atoms with E-state index in [1.165, 1.54) is 6.92 Å². The average Bonchev–Trinajstić information content (AvgIpc) is 2.66. The highest BCUT2D eigenvalue weighted by Crippen LogP contribution is 2.78. The van der Waals surface area contributed by atoms with Gasteiger partial charge in [0.05, 0.1) is 32.2 Å². The minimum atomic E-state index is -3.96. The van der Waals surface area contributed by atoms with E-state index in [9.17, 15) is 13.9 Å². The predicted octanol–water partition coefficient (Wildman–Crippen LogP) is 5.61. The van der Waals surface area contributed by atoms with Gasteiger partial charge < -0.3 is 23.2 Å². The number of aliphatic carboxylic acids is 1. The molecule has 0 aromatic heterocycles. The van der Waals surface area contributed by atoms with Crippen LogP contribution in [0.2, 0.25) is 0 Å². The van der Waals surface area contributed by atoms with Crippen LogP contribution in [0.15, 0.2) is 0 Å². The van der Waals surface area contributed by atoms with E-state index in [2.05, 4.69) is 0 Å². The van der Waals surface area contributed by atoms with Crippen molar-refractivity contribution in [1.29, 1.82) is 0 Å². The molecule has 0 fully saturated rings.